The van der Waals surface area contributed by atoms with Gasteiger partial charge in [-0.2, -0.15) is 0 Å². The first kappa shape index (κ1) is 25.7. The smallest absolute Gasteiger partial charge is 0.255 e. The Balaban J connectivity index is 1.70. The lowest BCUT2D eigenvalue weighted by Crippen LogP contribution is -2.51. The van der Waals surface area contributed by atoms with Crippen molar-refractivity contribution in [3.8, 4) is 11.5 Å². The van der Waals surface area contributed by atoms with Crippen LogP contribution in [0.25, 0.3) is 0 Å². The Labute approximate surface area is 202 Å². The molecule has 0 aromatic heterocycles. The predicted molar refractivity (Wildman–Crippen MR) is 133 cm³/mol. The Morgan fingerprint density at radius 1 is 1.09 bits per heavy atom. The minimum Gasteiger partial charge on any atom is -0.493 e. The zero-order valence-corrected chi connectivity index (χ0v) is 21.1. The summed E-state index contributed by atoms with van der Waals surface area (Å²) in [5, 5.41) is 3.11. The number of likely N-dealkylation sites (tertiary alicyclic amines) is 1. The summed E-state index contributed by atoms with van der Waals surface area (Å²) >= 11 is 1.72. The Kier molecular flexibility index (Phi) is 10.2. The van der Waals surface area contributed by atoms with E-state index in [9.17, 15) is 9.59 Å². The van der Waals surface area contributed by atoms with Crippen molar-refractivity contribution in [3.63, 3.8) is 0 Å². The number of ether oxygens (including phenoxy) is 2. The van der Waals surface area contributed by atoms with Crippen molar-refractivity contribution < 1.29 is 19.1 Å². The van der Waals surface area contributed by atoms with Gasteiger partial charge in [-0.05, 0) is 50.6 Å². The molecule has 0 saturated carbocycles. The number of methoxy groups -OCH3 is 2. The third-order valence-electron chi connectivity index (χ3n) is 6.49. The van der Waals surface area contributed by atoms with E-state index in [-0.39, 0.29) is 17.2 Å². The quantitative estimate of drug-likeness (QED) is 0.489. The number of carbonyl (C=O) groups is 2. The molecule has 7 nitrogen and oxygen atoms in total. The monoisotopic (exact) mass is 477 g/mol. The van der Waals surface area contributed by atoms with Crippen LogP contribution in [0, 0.1) is 0 Å². The second kappa shape index (κ2) is 13.1. The number of piperidine rings is 1. The van der Waals surface area contributed by atoms with Crippen LogP contribution in [-0.2, 0) is 4.79 Å². The van der Waals surface area contributed by atoms with Crippen LogP contribution >= 0.6 is 11.8 Å². The number of amides is 2. The summed E-state index contributed by atoms with van der Waals surface area (Å²) in [5.41, 5.74) is 0.516. The lowest BCUT2D eigenvalue weighted by molar-refractivity contribution is -0.124. The Morgan fingerprint density at radius 3 is 2.55 bits per heavy atom. The molecule has 2 heterocycles. The molecule has 8 heteroatoms. The van der Waals surface area contributed by atoms with Gasteiger partial charge in [-0.1, -0.05) is 32.6 Å². The highest BCUT2D eigenvalue weighted by Gasteiger charge is 2.41. The van der Waals surface area contributed by atoms with E-state index in [0.29, 0.717) is 29.4 Å². The van der Waals surface area contributed by atoms with Gasteiger partial charge in [-0.25, -0.2) is 0 Å². The minimum atomic E-state index is -0.455. The highest BCUT2D eigenvalue weighted by atomic mass is 32.2. The van der Waals surface area contributed by atoms with Crippen molar-refractivity contribution in [3.05, 3.63) is 23.8 Å². The molecule has 0 bridgehead atoms. The summed E-state index contributed by atoms with van der Waals surface area (Å²) in [6.45, 7) is 5.89. The zero-order chi connectivity index (χ0) is 23.6. The van der Waals surface area contributed by atoms with Gasteiger partial charge < -0.3 is 24.6 Å². The number of unbranched alkanes of at least 4 members (excludes halogenated alkanes) is 2. The number of nitrogens with one attached hydrogen (secondary N) is 1. The Morgan fingerprint density at radius 2 is 1.85 bits per heavy atom. The number of carbonyl (C=O) groups excluding carboxylic acids is 2. The van der Waals surface area contributed by atoms with E-state index in [1.54, 1.807) is 49.1 Å². The molecule has 33 heavy (non-hydrogen) atoms. The van der Waals surface area contributed by atoms with E-state index in [2.05, 4.69) is 17.1 Å². The first-order valence-corrected chi connectivity index (χ1v) is 13.3. The maximum atomic E-state index is 13.6. The third kappa shape index (κ3) is 6.79. The van der Waals surface area contributed by atoms with Crippen LogP contribution in [0.15, 0.2) is 18.2 Å². The average molecular weight is 478 g/mol. The van der Waals surface area contributed by atoms with Gasteiger partial charge >= 0.3 is 0 Å². The SMILES string of the molecule is CCCCCC1SCC(C(=O)NCCN2CCCCC2)N1C(=O)c1ccc(OC)c(OC)c1. The fourth-order valence-electron chi connectivity index (χ4n) is 4.59. The molecular weight excluding hydrogens is 438 g/mol. The standard InChI is InChI=1S/C25H39N3O4S/c1-4-5-7-10-23-28(25(30)19-11-12-21(31-2)22(17-19)32-3)20(18-33-23)24(29)26-13-16-27-14-8-6-9-15-27/h11-12,17,20,23H,4-10,13-16,18H2,1-3H3,(H,26,29). The van der Waals surface area contributed by atoms with Gasteiger partial charge in [0.25, 0.3) is 5.91 Å². The van der Waals surface area contributed by atoms with Crippen molar-refractivity contribution in [2.24, 2.45) is 0 Å². The molecule has 2 aliphatic rings. The van der Waals surface area contributed by atoms with Gasteiger partial charge in [-0.3, -0.25) is 9.59 Å². The molecule has 0 radical (unpaired) electrons. The van der Waals surface area contributed by atoms with Gasteiger partial charge in [-0.15, -0.1) is 11.8 Å². The van der Waals surface area contributed by atoms with Crippen LogP contribution in [-0.4, -0.2) is 79.2 Å². The van der Waals surface area contributed by atoms with E-state index in [1.807, 2.05) is 0 Å². The topological polar surface area (TPSA) is 71.1 Å². The second-order valence-electron chi connectivity index (χ2n) is 8.78. The highest BCUT2D eigenvalue weighted by molar-refractivity contribution is 8.00. The van der Waals surface area contributed by atoms with Gasteiger partial charge in [0, 0.05) is 24.4 Å². The molecule has 1 aromatic carbocycles. The van der Waals surface area contributed by atoms with E-state index < -0.39 is 6.04 Å². The average Bonchev–Trinajstić information content (AvgIpc) is 3.27. The summed E-state index contributed by atoms with van der Waals surface area (Å²) in [6, 6.07) is 4.75. The number of nitrogens with zero attached hydrogens (tertiary/aromatic N) is 2. The van der Waals surface area contributed by atoms with E-state index in [1.165, 1.54) is 19.3 Å². The summed E-state index contributed by atoms with van der Waals surface area (Å²) in [5.74, 6) is 1.55. The maximum absolute atomic E-state index is 13.6. The van der Waals surface area contributed by atoms with Gasteiger partial charge in [0.15, 0.2) is 11.5 Å². The maximum Gasteiger partial charge on any atom is 0.255 e. The summed E-state index contributed by atoms with van der Waals surface area (Å²) in [6.07, 6.45) is 7.97. The van der Waals surface area contributed by atoms with Crippen LogP contribution in [0.3, 0.4) is 0 Å². The Hall–Kier alpha value is -1.93. The van der Waals surface area contributed by atoms with E-state index in [4.69, 9.17) is 9.47 Å². The molecule has 184 valence electrons. The molecule has 2 saturated heterocycles. The normalized spacial score (nSPS) is 21.1. The zero-order valence-electron chi connectivity index (χ0n) is 20.3. The van der Waals surface area contributed by atoms with Crippen LogP contribution in [0.4, 0.5) is 0 Å². The molecule has 2 atom stereocenters. The lowest BCUT2D eigenvalue weighted by atomic mass is 10.1. The third-order valence-corrected chi connectivity index (χ3v) is 7.85. The molecule has 2 unspecified atom stereocenters. The summed E-state index contributed by atoms with van der Waals surface area (Å²) in [4.78, 5) is 31.0. The fourth-order valence-corrected chi connectivity index (χ4v) is 6.04. The van der Waals surface area contributed by atoms with Crippen LogP contribution in [0.5, 0.6) is 11.5 Å². The highest BCUT2D eigenvalue weighted by Crippen LogP contribution is 2.35. The second-order valence-corrected chi connectivity index (χ2v) is 9.99. The molecule has 2 amide bonds. The first-order valence-electron chi connectivity index (χ1n) is 12.2. The van der Waals surface area contributed by atoms with Crippen LogP contribution in [0.2, 0.25) is 0 Å². The van der Waals surface area contributed by atoms with E-state index in [0.717, 1.165) is 45.3 Å². The summed E-state index contributed by atoms with van der Waals surface area (Å²) in [7, 11) is 3.13. The van der Waals surface area contributed by atoms with Crippen molar-refractivity contribution in [1.29, 1.82) is 0 Å². The van der Waals surface area contributed by atoms with Crippen molar-refractivity contribution >= 4 is 23.6 Å². The molecule has 1 aromatic rings. The predicted octanol–water partition coefficient (Wildman–Crippen LogP) is 3.77. The number of benzene rings is 1. The minimum absolute atomic E-state index is 0.00925. The van der Waals surface area contributed by atoms with Crippen LogP contribution in [0.1, 0.15) is 62.2 Å². The van der Waals surface area contributed by atoms with E-state index >= 15 is 0 Å². The fraction of sp³-hybridized carbons (Fsp3) is 0.680. The van der Waals surface area contributed by atoms with Crippen molar-refractivity contribution in [1.82, 2.24) is 15.1 Å². The van der Waals surface area contributed by atoms with Gasteiger partial charge in [0.2, 0.25) is 5.91 Å². The van der Waals surface area contributed by atoms with Gasteiger partial charge in [0.1, 0.15) is 6.04 Å². The number of rotatable bonds is 11. The van der Waals surface area contributed by atoms with Crippen LogP contribution < -0.4 is 14.8 Å². The number of thioether (sulfide) groups is 1. The van der Waals surface area contributed by atoms with Crippen molar-refractivity contribution in [2.75, 3.05) is 46.2 Å². The van der Waals surface area contributed by atoms with Crippen molar-refractivity contribution in [2.45, 2.75) is 63.3 Å². The molecule has 2 aliphatic heterocycles. The summed E-state index contributed by atoms with van der Waals surface area (Å²) < 4.78 is 10.7. The first-order chi connectivity index (χ1) is 16.1. The largest absolute Gasteiger partial charge is 0.493 e. The van der Waals surface area contributed by atoms with Gasteiger partial charge in [0.05, 0.1) is 19.6 Å². The lowest BCUT2D eigenvalue weighted by Gasteiger charge is -2.30. The molecule has 0 aliphatic carbocycles. The molecular formula is C25H39N3O4S. The molecule has 2 fully saturated rings. The Bertz CT molecular complexity index is 785. The number of hydrogen-bond donors (Lipinski definition) is 1. The number of hydrogen-bond acceptors (Lipinski definition) is 6. The molecule has 0 spiro atoms. The molecule has 3 rings (SSSR count). The molecule has 1 N–H and O–H groups in total.